The third kappa shape index (κ3) is 4.49. The summed E-state index contributed by atoms with van der Waals surface area (Å²) in [6, 6.07) is 0. The smallest absolute Gasteiger partial charge is 0.209 e. The zero-order chi connectivity index (χ0) is 11.8. The molecular formula is C10H21N5S. The summed E-state index contributed by atoms with van der Waals surface area (Å²) >= 11 is 1.74. The van der Waals surface area contributed by atoms with Gasteiger partial charge in [-0.25, -0.2) is 4.68 Å². The van der Waals surface area contributed by atoms with Gasteiger partial charge in [0.25, 0.3) is 0 Å². The SMILES string of the molecule is CCNCCn1nnnc1SCC(C)CC. The van der Waals surface area contributed by atoms with Crippen LogP contribution in [0.3, 0.4) is 0 Å². The Balaban J connectivity index is 2.37. The lowest BCUT2D eigenvalue weighted by atomic mass is 10.2. The summed E-state index contributed by atoms with van der Waals surface area (Å²) in [6.07, 6.45) is 1.20. The van der Waals surface area contributed by atoms with Gasteiger partial charge in [-0.1, -0.05) is 39.0 Å². The minimum Gasteiger partial charge on any atom is -0.315 e. The third-order valence-corrected chi connectivity index (χ3v) is 3.73. The molecule has 1 N–H and O–H groups in total. The van der Waals surface area contributed by atoms with Crippen molar-refractivity contribution in [3.8, 4) is 0 Å². The number of hydrogen-bond acceptors (Lipinski definition) is 5. The molecule has 1 aromatic heterocycles. The van der Waals surface area contributed by atoms with Crippen molar-refractivity contribution in [2.24, 2.45) is 5.92 Å². The maximum atomic E-state index is 4.04. The van der Waals surface area contributed by atoms with Crippen LogP contribution in [0.5, 0.6) is 0 Å². The average Bonchev–Trinajstić information content (AvgIpc) is 2.74. The molecule has 1 heterocycles. The largest absolute Gasteiger partial charge is 0.315 e. The molecule has 1 atom stereocenters. The van der Waals surface area contributed by atoms with Gasteiger partial charge in [0.15, 0.2) is 0 Å². The molecule has 0 saturated carbocycles. The predicted molar refractivity (Wildman–Crippen MR) is 66.5 cm³/mol. The fourth-order valence-electron chi connectivity index (χ4n) is 1.14. The van der Waals surface area contributed by atoms with Crippen LogP contribution >= 0.6 is 11.8 Å². The number of thioether (sulfide) groups is 1. The number of likely N-dealkylation sites (N-methyl/N-ethyl adjacent to an activating group) is 1. The van der Waals surface area contributed by atoms with Crippen molar-refractivity contribution >= 4 is 11.8 Å². The van der Waals surface area contributed by atoms with E-state index in [1.54, 1.807) is 11.8 Å². The van der Waals surface area contributed by atoms with Gasteiger partial charge in [-0.2, -0.15) is 0 Å². The van der Waals surface area contributed by atoms with Crippen molar-refractivity contribution < 1.29 is 0 Å². The topological polar surface area (TPSA) is 55.6 Å². The monoisotopic (exact) mass is 243 g/mol. The fourth-order valence-corrected chi connectivity index (χ4v) is 2.18. The van der Waals surface area contributed by atoms with Crippen molar-refractivity contribution in [2.45, 2.75) is 38.9 Å². The molecule has 0 saturated heterocycles. The molecule has 0 radical (unpaired) electrons. The van der Waals surface area contributed by atoms with Gasteiger partial charge in [0.05, 0.1) is 6.54 Å². The van der Waals surface area contributed by atoms with Gasteiger partial charge in [0.1, 0.15) is 0 Å². The van der Waals surface area contributed by atoms with Gasteiger partial charge >= 0.3 is 0 Å². The Morgan fingerprint density at radius 1 is 1.44 bits per heavy atom. The number of tetrazole rings is 1. The maximum Gasteiger partial charge on any atom is 0.209 e. The van der Waals surface area contributed by atoms with E-state index < -0.39 is 0 Å². The van der Waals surface area contributed by atoms with E-state index in [0.29, 0.717) is 5.92 Å². The summed E-state index contributed by atoms with van der Waals surface area (Å²) < 4.78 is 1.87. The molecule has 5 nitrogen and oxygen atoms in total. The predicted octanol–water partition coefficient (Wildman–Crippen LogP) is 1.42. The number of aromatic nitrogens is 4. The van der Waals surface area contributed by atoms with E-state index in [2.05, 4.69) is 41.6 Å². The Kier molecular flexibility index (Phi) is 6.40. The van der Waals surface area contributed by atoms with Crippen LogP contribution in [-0.2, 0) is 6.54 Å². The highest BCUT2D eigenvalue weighted by Gasteiger charge is 2.08. The van der Waals surface area contributed by atoms with Crippen LogP contribution in [0.15, 0.2) is 5.16 Å². The van der Waals surface area contributed by atoms with E-state index in [1.807, 2.05) is 4.68 Å². The molecule has 0 bridgehead atoms. The van der Waals surface area contributed by atoms with Crippen LogP contribution < -0.4 is 5.32 Å². The second-order valence-corrected chi connectivity index (χ2v) is 4.85. The molecule has 1 rings (SSSR count). The second-order valence-electron chi connectivity index (χ2n) is 3.86. The highest BCUT2D eigenvalue weighted by molar-refractivity contribution is 7.99. The van der Waals surface area contributed by atoms with Gasteiger partial charge in [-0.3, -0.25) is 0 Å². The summed E-state index contributed by atoms with van der Waals surface area (Å²) in [5, 5.41) is 15.9. The quantitative estimate of drug-likeness (QED) is 0.553. The Hall–Kier alpha value is -0.620. The van der Waals surface area contributed by atoms with Gasteiger partial charge < -0.3 is 5.32 Å². The molecule has 1 aromatic rings. The molecule has 0 spiro atoms. The molecule has 6 heteroatoms. The van der Waals surface area contributed by atoms with Crippen LogP contribution in [-0.4, -0.2) is 39.0 Å². The minimum absolute atomic E-state index is 0.712. The maximum absolute atomic E-state index is 4.04. The fraction of sp³-hybridized carbons (Fsp3) is 0.900. The molecule has 1 unspecified atom stereocenters. The summed E-state index contributed by atoms with van der Waals surface area (Å²) in [5.74, 6) is 1.79. The van der Waals surface area contributed by atoms with E-state index in [4.69, 9.17) is 0 Å². The van der Waals surface area contributed by atoms with Crippen LogP contribution in [0.25, 0.3) is 0 Å². The van der Waals surface area contributed by atoms with Crippen molar-refractivity contribution in [1.29, 1.82) is 0 Å². The summed E-state index contributed by atoms with van der Waals surface area (Å²) in [7, 11) is 0. The highest BCUT2D eigenvalue weighted by Crippen LogP contribution is 2.18. The van der Waals surface area contributed by atoms with Crippen molar-refractivity contribution in [2.75, 3.05) is 18.8 Å². The first-order valence-corrected chi connectivity index (χ1v) is 6.86. The van der Waals surface area contributed by atoms with Gasteiger partial charge in [0.2, 0.25) is 5.16 Å². The lowest BCUT2D eigenvalue weighted by Gasteiger charge is -2.07. The minimum atomic E-state index is 0.712. The Morgan fingerprint density at radius 2 is 2.25 bits per heavy atom. The standard InChI is InChI=1S/C10H21N5S/c1-4-9(3)8-16-10-12-13-14-15(10)7-6-11-5-2/h9,11H,4-8H2,1-3H3. The molecule has 0 aliphatic heterocycles. The second kappa shape index (κ2) is 7.62. The lowest BCUT2D eigenvalue weighted by molar-refractivity contribution is 0.517. The zero-order valence-electron chi connectivity index (χ0n) is 10.3. The van der Waals surface area contributed by atoms with Crippen LogP contribution in [0, 0.1) is 5.92 Å². The van der Waals surface area contributed by atoms with Crippen LogP contribution in [0.4, 0.5) is 0 Å². The highest BCUT2D eigenvalue weighted by atomic mass is 32.2. The Morgan fingerprint density at radius 3 is 2.94 bits per heavy atom. The number of rotatable bonds is 8. The summed E-state index contributed by atoms with van der Waals surface area (Å²) in [6.45, 7) is 9.29. The molecule has 0 aliphatic rings. The van der Waals surface area contributed by atoms with Crippen molar-refractivity contribution in [1.82, 2.24) is 25.5 Å². The molecule has 0 aromatic carbocycles. The molecule has 0 fully saturated rings. The molecule has 92 valence electrons. The Labute approximate surface area is 101 Å². The van der Waals surface area contributed by atoms with E-state index in [-0.39, 0.29) is 0 Å². The first-order valence-electron chi connectivity index (χ1n) is 5.87. The average molecular weight is 243 g/mol. The zero-order valence-corrected chi connectivity index (χ0v) is 11.1. The number of hydrogen-bond donors (Lipinski definition) is 1. The van der Waals surface area contributed by atoms with Crippen LogP contribution in [0.2, 0.25) is 0 Å². The number of nitrogens with zero attached hydrogens (tertiary/aromatic N) is 4. The van der Waals surface area contributed by atoms with Gasteiger partial charge in [-0.15, -0.1) is 5.10 Å². The van der Waals surface area contributed by atoms with E-state index >= 15 is 0 Å². The van der Waals surface area contributed by atoms with Crippen molar-refractivity contribution in [3.05, 3.63) is 0 Å². The lowest BCUT2D eigenvalue weighted by Crippen LogP contribution is -2.20. The third-order valence-electron chi connectivity index (χ3n) is 2.44. The molecule has 0 aliphatic carbocycles. The van der Waals surface area contributed by atoms with E-state index in [0.717, 1.165) is 30.5 Å². The molecule has 0 amide bonds. The van der Waals surface area contributed by atoms with Gasteiger partial charge in [0, 0.05) is 12.3 Å². The molecule has 16 heavy (non-hydrogen) atoms. The number of nitrogens with one attached hydrogen (secondary N) is 1. The van der Waals surface area contributed by atoms with E-state index in [9.17, 15) is 0 Å². The van der Waals surface area contributed by atoms with Crippen molar-refractivity contribution in [3.63, 3.8) is 0 Å². The Bertz CT molecular complexity index is 288. The summed E-state index contributed by atoms with van der Waals surface area (Å²) in [4.78, 5) is 0. The van der Waals surface area contributed by atoms with E-state index in [1.165, 1.54) is 6.42 Å². The summed E-state index contributed by atoms with van der Waals surface area (Å²) in [5.41, 5.74) is 0. The molecular weight excluding hydrogens is 222 g/mol. The van der Waals surface area contributed by atoms with Crippen LogP contribution in [0.1, 0.15) is 27.2 Å². The normalized spacial score (nSPS) is 12.9. The first kappa shape index (κ1) is 13.4. The first-order chi connectivity index (χ1) is 7.77. The van der Waals surface area contributed by atoms with Gasteiger partial charge in [-0.05, 0) is 22.9 Å².